The molecule has 3 amide bonds. The van der Waals surface area contributed by atoms with Crippen LogP contribution in [0.1, 0.15) is 57.1 Å². The summed E-state index contributed by atoms with van der Waals surface area (Å²) in [6.45, 7) is 9.83. The quantitative estimate of drug-likeness (QED) is 0.0840. The highest BCUT2D eigenvalue weighted by molar-refractivity contribution is 9.09. The van der Waals surface area contributed by atoms with Crippen molar-refractivity contribution in [2.45, 2.75) is 86.8 Å². The van der Waals surface area contributed by atoms with Crippen LogP contribution in [0.15, 0.2) is 79.9 Å². The van der Waals surface area contributed by atoms with Gasteiger partial charge < -0.3 is 29.7 Å². The summed E-state index contributed by atoms with van der Waals surface area (Å²) in [6, 6.07) is 15.0. The molecule has 1 spiro atoms. The molecule has 0 radical (unpaired) electrons. The lowest BCUT2D eigenvalue weighted by atomic mass is 9.70. The van der Waals surface area contributed by atoms with Gasteiger partial charge in [0.2, 0.25) is 17.7 Å². The van der Waals surface area contributed by atoms with Crippen molar-refractivity contribution in [3.8, 4) is 0 Å². The van der Waals surface area contributed by atoms with Crippen molar-refractivity contribution in [3.05, 3.63) is 85.5 Å². The number of nitrogens with zero attached hydrogens (tertiary/aromatic N) is 5. The van der Waals surface area contributed by atoms with Crippen LogP contribution in [0, 0.1) is 11.8 Å². The van der Waals surface area contributed by atoms with Gasteiger partial charge in [0.25, 0.3) is 0 Å². The predicted molar refractivity (Wildman–Crippen MR) is 200 cm³/mol. The average Bonchev–Trinajstić information content (AvgIpc) is 3.88. The molecule has 1 unspecified atom stereocenters. The maximum absolute atomic E-state index is 14.9. The van der Waals surface area contributed by atoms with Crippen molar-refractivity contribution in [1.82, 2.24) is 30.1 Å². The van der Waals surface area contributed by atoms with Crippen LogP contribution in [-0.4, -0.2) is 102 Å². The molecule has 3 fully saturated rings. The molecule has 2 bridgehead atoms. The van der Waals surface area contributed by atoms with Crippen molar-refractivity contribution in [3.63, 3.8) is 0 Å². The number of aliphatic hydroxyl groups is 1. The van der Waals surface area contributed by atoms with E-state index in [-0.39, 0.29) is 55.3 Å². The number of fused-ring (bicyclic) bond motifs is 2. The Morgan fingerprint density at radius 2 is 1.89 bits per heavy atom. The standard InChI is InChI=1S/C39H47BrN6O7/c1-4-6-19-30(48)41-25(3)33(26-15-9-7-10-16-26)52-38(51)31-32-36(49)45(21-13-8-14-22-47)35(39(32)23-27(40)34(31)53-39)37(50)44(20-5-2)24-46-29-18-12-11-17-28(29)42-43-46/h4-5,7,9-12,15-18,25,27,31-35,47H,1-2,6,8,13-14,19-24H2,3H3,(H,41,48)/t25-,27?,31+,32-,33-,34+,35+,39-/m1/s1. The van der Waals surface area contributed by atoms with Crippen LogP contribution in [0.25, 0.3) is 11.0 Å². The topological polar surface area (TPSA) is 156 Å². The first-order valence-electron chi connectivity index (χ1n) is 18.2. The highest BCUT2D eigenvalue weighted by Gasteiger charge is 2.77. The Morgan fingerprint density at radius 3 is 2.62 bits per heavy atom. The summed E-state index contributed by atoms with van der Waals surface area (Å²) in [5.41, 5.74) is 0.793. The summed E-state index contributed by atoms with van der Waals surface area (Å²) in [7, 11) is 0. The van der Waals surface area contributed by atoms with Gasteiger partial charge in [-0.2, -0.15) is 0 Å². The lowest BCUT2D eigenvalue weighted by molar-refractivity contribution is -0.162. The van der Waals surface area contributed by atoms with E-state index in [1.807, 2.05) is 54.6 Å². The fourth-order valence-electron chi connectivity index (χ4n) is 8.16. The number of para-hydroxylation sites is 1. The lowest BCUT2D eigenvalue weighted by Crippen LogP contribution is -2.57. The molecule has 3 aliphatic rings. The molecule has 282 valence electrons. The molecule has 8 atom stereocenters. The van der Waals surface area contributed by atoms with E-state index in [1.54, 1.807) is 33.6 Å². The smallest absolute Gasteiger partial charge is 0.313 e. The van der Waals surface area contributed by atoms with Crippen molar-refractivity contribution in [2.75, 3.05) is 19.7 Å². The minimum Gasteiger partial charge on any atom is -0.455 e. The summed E-state index contributed by atoms with van der Waals surface area (Å²) in [4.78, 5) is 59.6. The minimum atomic E-state index is -1.32. The van der Waals surface area contributed by atoms with Crippen molar-refractivity contribution >= 4 is 50.7 Å². The SMILES string of the molecule is C=CCCC(=O)N[C@H](C)[C@@H](OC(=O)[C@@H]1[C@H]2O[C@@]3(CC2Br)[C@H](C(=O)N(CC=C)Cn2nnc4ccccc42)N(CCCCCO)C(=O)[C@@H]13)c1ccccc1. The molecular formula is C39H47BrN6O7. The zero-order valence-corrected chi connectivity index (χ0v) is 31.5. The molecular weight excluding hydrogens is 744 g/mol. The van der Waals surface area contributed by atoms with Gasteiger partial charge in [-0.1, -0.05) is 75.8 Å². The number of rotatable bonds is 18. The Balaban J connectivity index is 1.32. The molecule has 3 aromatic rings. The fourth-order valence-corrected chi connectivity index (χ4v) is 9.10. The molecule has 3 aliphatic heterocycles. The van der Waals surface area contributed by atoms with Gasteiger partial charge in [-0.15, -0.1) is 18.3 Å². The fraction of sp³-hybridized carbons (Fsp3) is 0.487. The highest BCUT2D eigenvalue weighted by atomic mass is 79.9. The second kappa shape index (κ2) is 16.7. The number of likely N-dealkylation sites (tertiary alicyclic amines) is 1. The van der Waals surface area contributed by atoms with E-state index in [2.05, 4.69) is 44.7 Å². The highest BCUT2D eigenvalue weighted by Crippen LogP contribution is 2.60. The molecule has 0 aliphatic carbocycles. The number of amides is 3. The number of allylic oxidation sites excluding steroid dienone is 1. The monoisotopic (exact) mass is 790 g/mol. The third-order valence-electron chi connectivity index (χ3n) is 10.5. The number of carbonyl (C=O) groups is 4. The van der Waals surface area contributed by atoms with Crippen molar-refractivity contribution in [1.29, 1.82) is 0 Å². The number of hydrogen-bond acceptors (Lipinski definition) is 9. The Hall–Kier alpha value is -4.40. The molecule has 3 saturated heterocycles. The summed E-state index contributed by atoms with van der Waals surface area (Å²) in [5.74, 6) is -3.53. The number of carbonyl (C=O) groups excluding carboxylic acids is 4. The summed E-state index contributed by atoms with van der Waals surface area (Å²) < 4.78 is 14.7. The van der Waals surface area contributed by atoms with E-state index in [9.17, 15) is 24.3 Å². The van der Waals surface area contributed by atoms with Gasteiger partial charge in [0.1, 0.15) is 29.9 Å². The second-order valence-electron chi connectivity index (χ2n) is 14.0. The third-order valence-corrected chi connectivity index (χ3v) is 11.4. The van der Waals surface area contributed by atoms with Crippen molar-refractivity contribution in [2.24, 2.45) is 11.8 Å². The zero-order chi connectivity index (χ0) is 37.7. The van der Waals surface area contributed by atoms with Crippen molar-refractivity contribution < 1.29 is 33.8 Å². The number of halogens is 1. The Morgan fingerprint density at radius 1 is 1.13 bits per heavy atom. The van der Waals surface area contributed by atoms with Crippen LogP contribution in [0.2, 0.25) is 0 Å². The number of benzene rings is 2. The molecule has 2 N–H and O–H groups in total. The number of esters is 1. The Kier molecular flexibility index (Phi) is 12.1. The van der Waals surface area contributed by atoms with Gasteiger partial charge in [0, 0.05) is 30.9 Å². The van der Waals surface area contributed by atoms with Crippen LogP contribution < -0.4 is 5.32 Å². The first kappa shape index (κ1) is 38.3. The minimum absolute atomic E-state index is 0.0154. The predicted octanol–water partition coefficient (Wildman–Crippen LogP) is 4.07. The van der Waals surface area contributed by atoms with Gasteiger partial charge in [-0.3, -0.25) is 19.2 Å². The van der Waals surface area contributed by atoms with E-state index in [4.69, 9.17) is 9.47 Å². The molecule has 4 heterocycles. The maximum atomic E-state index is 14.9. The van der Waals surface area contributed by atoms with Gasteiger partial charge in [0.05, 0.1) is 29.5 Å². The lowest BCUT2D eigenvalue weighted by Gasteiger charge is -2.37. The maximum Gasteiger partial charge on any atom is 0.313 e. The van der Waals surface area contributed by atoms with Crippen LogP contribution in [0.4, 0.5) is 0 Å². The Labute approximate surface area is 317 Å². The van der Waals surface area contributed by atoms with E-state index < -0.39 is 47.7 Å². The average molecular weight is 792 g/mol. The number of aromatic nitrogens is 3. The summed E-state index contributed by atoms with van der Waals surface area (Å²) in [6.07, 6.45) is 4.51. The molecule has 2 aromatic carbocycles. The Bertz CT molecular complexity index is 1820. The van der Waals surface area contributed by atoms with Gasteiger partial charge in [-0.05, 0) is 56.7 Å². The molecule has 13 nitrogen and oxygen atoms in total. The van der Waals surface area contributed by atoms with Gasteiger partial charge in [0.15, 0.2) is 0 Å². The summed E-state index contributed by atoms with van der Waals surface area (Å²) >= 11 is 3.75. The van der Waals surface area contributed by atoms with Crippen LogP contribution in [-0.2, 0) is 35.3 Å². The van der Waals surface area contributed by atoms with E-state index in [1.165, 1.54) is 0 Å². The number of alkyl halides is 1. The molecule has 1 aromatic heterocycles. The third kappa shape index (κ3) is 7.54. The van der Waals surface area contributed by atoms with Gasteiger partial charge in [-0.25, -0.2) is 4.68 Å². The molecule has 0 saturated carbocycles. The number of nitrogens with one attached hydrogen (secondary N) is 1. The molecule has 53 heavy (non-hydrogen) atoms. The number of hydrogen-bond donors (Lipinski definition) is 2. The number of unbranched alkanes of at least 4 members (excludes halogenated alkanes) is 2. The van der Waals surface area contributed by atoms with Crippen LogP contribution in [0.5, 0.6) is 0 Å². The largest absolute Gasteiger partial charge is 0.455 e. The molecule has 6 rings (SSSR count). The normalized spacial score (nSPS) is 25.5. The van der Waals surface area contributed by atoms with E-state index in [0.29, 0.717) is 43.2 Å². The number of aliphatic hydroxyl groups excluding tert-OH is 1. The van der Waals surface area contributed by atoms with Crippen LogP contribution >= 0.6 is 15.9 Å². The first-order chi connectivity index (χ1) is 25.6. The van der Waals surface area contributed by atoms with Crippen LogP contribution in [0.3, 0.4) is 0 Å². The zero-order valence-electron chi connectivity index (χ0n) is 29.9. The molecule has 14 heteroatoms. The van der Waals surface area contributed by atoms with E-state index >= 15 is 0 Å². The number of ether oxygens (including phenoxy) is 2. The second-order valence-corrected chi connectivity index (χ2v) is 15.2. The summed E-state index contributed by atoms with van der Waals surface area (Å²) in [5, 5.41) is 20.9. The van der Waals surface area contributed by atoms with E-state index in [0.717, 1.165) is 5.52 Å². The van der Waals surface area contributed by atoms with Gasteiger partial charge >= 0.3 is 5.97 Å². The first-order valence-corrected chi connectivity index (χ1v) is 19.1.